The van der Waals surface area contributed by atoms with Crippen LogP contribution in [-0.4, -0.2) is 45.3 Å². The molecule has 0 unspecified atom stereocenters. The van der Waals surface area contributed by atoms with Crippen molar-refractivity contribution in [3.8, 4) is 46.0 Å². The number of aromatic hydroxyl groups is 4. The third-order valence-electron chi connectivity index (χ3n) is 13.2. The van der Waals surface area contributed by atoms with Crippen molar-refractivity contribution in [2.24, 2.45) is 23.7 Å². The van der Waals surface area contributed by atoms with Gasteiger partial charge in [-0.05, 0) is 155 Å². The van der Waals surface area contributed by atoms with E-state index in [4.69, 9.17) is 30.5 Å². The number of alkyl halides is 1. The number of phenols is 4. The quantitative estimate of drug-likeness (QED) is 0.0351. The summed E-state index contributed by atoms with van der Waals surface area (Å²) in [7, 11) is 0. The monoisotopic (exact) mass is 1200 g/mol. The molecule has 80 heavy (non-hydrogen) atoms. The summed E-state index contributed by atoms with van der Waals surface area (Å²) < 4.78 is 25.0. The number of benzene rings is 4. The Balaban J connectivity index is 0.000000252. The van der Waals surface area contributed by atoms with E-state index >= 15 is 0 Å². The number of aromatic nitrogens is 5. The van der Waals surface area contributed by atoms with Crippen LogP contribution >= 0.6 is 68.3 Å². The molecular formula is C61H70ClN5O8S5. The van der Waals surface area contributed by atoms with Gasteiger partial charge in [-0.3, -0.25) is 0 Å². The molecule has 0 aliphatic rings. The Bertz CT molecular complexity index is 3170. The predicted molar refractivity (Wildman–Crippen MR) is 325 cm³/mol. The lowest BCUT2D eigenvalue weighted by molar-refractivity contribution is 0.251. The van der Waals surface area contributed by atoms with Gasteiger partial charge >= 0.3 is 0 Å². The van der Waals surface area contributed by atoms with Crippen molar-refractivity contribution in [2.75, 3.05) is 0 Å². The summed E-state index contributed by atoms with van der Waals surface area (Å²) in [5.74, 6) is 4.51. The molecule has 5 aromatic heterocycles. The Morgan fingerprint density at radius 1 is 0.362 bits per heavy atom. The van der Waals surface area contributed by atoms with Gasteiger partial charge in [0.25, 0.3) is 0 Å². The van der Waals surface area contributed by atoms with Gasteiger partial charge in [0.2, 0.25) is 0 Å². The van der Waals surface area contributed by atoms with E-state index in [9.17, 15) is 20.4 Å². The van der Waals surface area contributed by atoms with Crippen LogP contribution in [0.4, 0.5) is 0 Å². The minimum Gasteiger partial charge on any atom is -0.504 e. The molecule has 0 fully saturated rings. The number of halogens is 1. The normalized spacial score (nSPS) is 12.6. The van der Waals surface area contributed by atoms with Gasteiger partial charge in [0.15, 0.2) is 46.0 Å². The van der Waals surface area contributed by atoms with E-state index in [0.29, 0.717) is 67.5 Å². The lowest BCUT2D eigenvalue weighted by atomic mass is 9.85. The number of aryl methyl sites for hydroxylation is 5. The van der Waals surface area contributed by atoms with Crippen LogP contribution in [0, 0.1) is 58.3 Å². The number of ether oxygens (including phenoxy) is 4. The molecule has 0 radical (unpaired) electrons. The molecule has 4 atom stereocenters. The molecule has 0 saturated heterocycles. The fourth-order valence-electron chi connectivity index (χ4n) is 8.48. The minimum absolute atomic E-state index is 0.0965. The Morgan fingerprint density at radius 2 is 0.625 bits per heavy atom. The molecule has 5 heterocycles. The average molecular weight is 1200 g/mol. The van der Waals surface area contributed by atoms with Crippen molar-refractivity contribution in [3.05, 3.63) is 175 Å². The maximum atomic E-state index is 9.54. The van der Waals surface area contributed by atoms with Crippen molar-refractivity contribution in [3.63, 3.8) is 0 Å². The minimum atomic E-state index is -0.107. The van der Waals surface area contributed by atoms with Gasteiger partial charge in [-0.25, -0.2) is 24.9 Å². The van der Waals surface area contributed by atoms with E-state index in [1.165, 1.54) is 23.3 Å². The first-order valence-electron chi connectivity index (χ1n) is 26.3. The Labute approximate surface area is 494 Å². The summed E-state index contributed by atoms with van der Waals surface area (Å²) in [6.07, 6.45) is 3.39. The zero-order valence-electron chi connectivity index (χ0n) is 46.6. The van der Waals surface area contributed by atoms with Gasteiger partial charge in [0.1, 0.15) is 26.4 Å². The van der Waals surface area contributed by atoms with Gasteiger partial charge in [-0.15, -0.1) is 68.3 Å². The van der Waals surface area contributed by atoms with Gasteiger partial charge in [-0.2, -0.15) is 0 Å². The summed E-state index contributed by atoms with van der Waals surface area (Å²) in [4.78, 5) is 22.3. The van der Waals surface area contributed by atoms with Crippen LogP contribution in [0.2, 0.25) is 0 Å². The van der Waals surface area contributed by atoms with E-state index < -0.39 is 0 Å². The first-order chi connectivity index (χ1) is 38.3. The molecule has 0 aliphatic heterocycles. The third-order valence-corrected chi connectivity index (χ3v) is 17.6. The van der Waals surface area contributed by atoms with Gasteiger partial charge in [0, 0.05) is 26.9 Å². The highest BCUT2D eigenvalue weighted by Crippen LogP contribution is 2.36. The highest BCUT2D eigenvalue weighted by atomic mass is 35.5. The number of thiazole rings is 5. The molecular weight excluding hydrogens is 1130 g/mol. The Kier molecular flexibility index (Phi) is 23.0. The Morgan fingerprint density at radius 3 is 0.875 bits per heavy atom. The molecule has 19 heteroatoms. The summed E-state index contributed by atoms with van der Waals surface area (Å²) in [5.41, 5.74) is 9.01. The molecule has 0 saturated carbocycles. The van der Waals surface area contributed by atoms with Crippen molar-refractivity contribution >= 4 is 68.3 Å². The Hall–Kier alpha value is -6.28. The highest BCUT2D eigenvalue weighted by Gasteiger charge is 2.19. The topological polar surface area (TPSA) is 182 Å². The molecule has 9 aromatic rings. The number of rotatable bonds is 23. The zero-order chi connectivity index (χ0) is 57.3. The standard InChI is InChI=1S/C38H42N4O4S4.C18H22O4.C5H6ClNS/c1-23(11-29-7-9-35(43-15-31-19-47-25(3)39-31)37(13-29)45-17-33-21-49-27(5)41-33)24(2)12-30-8-10-36(44-16-32-20-48-26(4)40-32)38(14-30)46-18-34-22-50-28(6)42-34;1-11(7-13-3-5-15(19)17(21)9-13)12(2)8-14-4-6-16(20)18(22)10-14;1-4-7-5(2-6)3-8-4/h7-10,13-14,19-24H,11-12,15-18H2,1-6H3;3-6,9-12,19-22H,7-8H2,1-2H3;3H,2H2,1H3/t23-,24+;11-,12+;. The van der Waals surface area contributed by atoms with E-state index in [0.717, 1.165) is 102 Å². The molecule has 4 N–H and O–H groups in total. The largest absolute Gasteiger partial charge is 0.504 e. The number of nitrogens with zero attached hydrogens (tertiary/aromatic N) is 5. The summed E-state index contributed by atoms with van der Waals surface area (Å²) in [5, 5.41) is 53.1. The van der Waals surface area contributed by atoms with Crippen LogP contribution < -0.4 is 18.9 Å². The van der Waals surface area contributed by atoms with Crippen LogP contribution in [0.25, 0.3) is 0 Å². The average Bonchev–Trinajstić information content (AvgIpc) is 4.31. The van der Waals surface area contributed by atoms with E-state index in [2.05, 4.69) is 76.9 Å². The molecule has 4 aromatic carbocycles. The second-order valence-corrected chi connectivity index (χ2v) is 25.6. The SMILES string of the molecule is C[C@H](Cc1ccc(O)c(O)c1)[C@@H](C)Cc1ccc(O)c(O)c1.Cc1nc(CCl)cs1.Cc1nc(COc2ccc(C[C@@H](C)[C@@H](C)Cc3ccc(OCc4csc(C)n4)c(OCc4csc(C)n4)c3)cc2OCc2csc(C)n2)cs1. The first kappa shape index (κ1) is 61.3. The lowest BCUT2D eigenvalue weighted by Crippen LogP contribution is -2.14. The lowest BCUT2D eigenvalue weighted by Gasteiger charge is -2.22. The predicted octanol–water partition coefficient (Wildman–Crippen LogP) is 15.9. The third kappa shape index (κ3) is 19.2. The van der Waals surface area contributed by atoms with Crippen molar-refractivity contribution in [2.45, 2.75) is 120 Å². The van der Waals surface area contributed by atoms with E-state index in [1.807, 2.05) is 85.8 Å². The number of hydrogen-bond donors (Lipinski definition) is 4. The maximum Gasteiger partial charge on any atom is 0.162 e. The first-order valence-corrected chi connectivity index (χ1v) is 31.2. The van der Waals surface area contributed by atoms with Crippen LogP contribution in [0.15, 0.2) is 99.7 Å². The van der Waals surface area contributed by atoms with Crippen molar-refractivity contribution < 1.29 is 39.4 Å². The fraction of sp³-hybridized carbons (Fsp3) is 0.361. The molecule has 424 valence electrons. The molecule has 0 spiro atoms. The van der Waals surface area contributed by atoms with Crippen LogP contribution in [0.5, 0.6) is 46.0 Å². The summed E-state index contributed by atoms with van der Waals surface area (Å²) in [6, 6.07) is 22.4. The maximum absolute atomic E-state index is 9.54. The van der Waals surface area contributed by atoms with Crippen LogP contribution in [0.1, 0.15) is 103 Å². The smallest absolute Gasteiger partial charge is 0.162 e. The van der Waals surface area contributed by atoms with Gasteiger partial charge in [0.05, 0.1) is 59.4 Å². The highest BCUT2D eigenvalue weighted by molar-refractivity contribution is 7.10. The summed E-state index contributed by atoms with van der Waals surface area (Å²) in [6.45, 7) is 20.5. The van der Waals surface area contributed by atoms with Crippen LogP contribution in [0.3, 0.4) is 0 Å². The number of phenolic OH excluding ortho intramolecular Hbond substituents is 4. The summed E-state index contributed by atoms with van der Waals surface area (Å²) >= 11 is 13.6. The number of hydrogen-bond acceptors (Lipinski definition) is 18. The molecule has 13 nitrogen and oxygen atoms in total. The molecule has 0 aliphatic carbocycles. The van der Waals surface area contributed by atoms with Crippen LogP contribution in [-0.2, 0) is 58.0 Å². The second-order valence-electron chi connectivity index (χ2n) is 20.0. The second kappa shape index (κ2) is 30.0. The van der Waals surface area contributed by atoms with E-state index in [1.54, 1.807) is 68.8 Å². The van der Waals surface area contributed by atoms with Gasteiger partial charge in [-0.1, -0.05) is 52.0 Å². The molecule has 0 amide bonds. The van der Waals surface area contributed by atoms with Crippen molar-refractivity contribution in [1.29, 1.82) is 0 Å². The van der Waals surface area contributed by atoms with E-state index in [-0.39, 0.29) is 23.0 Å². The molecule has 9 rings (SSSR count). The fourth-order valence-corrected chi connectivity index (χ4v) is 11.7. The zero-order valence-corrected chi connectivity index (χ0v) is 51.4. The van der Waals surface area contributed by atoms with Crippen molar-refractivity contribution in [1.82, 2.24) is 24.9 Å². The molecule has 0 bridgehead atoms. The van der Waals surface area contributed by atoms with Gasteiger partial charge < -0.3 is 39.4 Å².